The zero-order valence-electron chi connectivity index (χ0n) is 10.6. The molecule has 3 heterocycles. The lowest BCUT2D eigenvalue weighted by Crippen LogP contribution is -1.92. The number of rotatable bonds is 1. The monoisotopic (exact) mass is 347 g/mol. The van der Waals surface area contributed by atoms with Crippen LogP contribution in [0.1, 0.15) is 5.56 Å². The van der Waals surface area contributed by atoms with E-state index in [1.54, 1.807) is 11.3 Å². The van der Waals surface area contributed by atoms with Crippen molar-refractivity contribution in [3.63, 3.8) is 0 Å². The van der Waals surface area contributed by atoms with Crippen LogP contribution in [0, 0.1) is 6.92 Å². The van der Waals surface area contributed by atoms with Crippen molar-refractivity contribution in [3.05, 3.63) is 39.7 Å². The zero-order chi connectivity index (χ0) is 13.7. The highest BCUT2D eigenvalue weighted by Gasteiger charge is 2.18. The van der Waals surface area contributed by atoms with E-state index in [2.05, 4.69) is 34.3 Å². The Labute approximate surface area is 128 Å². The molecule has 0 unspecified atom stereocenters. The molecule has 4 rings (SSSR count). The highest BCUT2D eigenvalue weighted by molar-refractivity contribution is 9.10. The highest BCUT2D eigenvalue weighted by Crippen LogP contribution is 2.41. The molecule has 1 aliphatic heterocycles. The molecule has 0 atom stereocenters. The number of ether oxygens (including phenoxy) is 2. The summed E-state index contributed by atoms with van der Waals surface area (Å²) in [5.41, 5.74) is 3.07. The Morgan fingerprint density at radius 2 is 2.05 bits per heavy atom. The standard InChI is InChI=1S/C15H10BrNO2S/c1-8-9-5-11-12(19-7-18-11)6-10(9)17-15(14(8)16)13-3-2-4-20-13/h2-6H,7H2,1H3. The van der Waals surface area contributed by atoms with E-state index in [-0.39, 0.29) is 6.79 Å². The van der Waals surface area contributed by atoms with E-state index in [1.165, 1.54) is 0 Å². The third-order valence-electron chi connectivity index (χ3n) is 3.42. The quantitative estimate of drug-likeness (QED) is 0.635. The Balaban J connectivity index is 2.04. The van der Waals surface area contributed by atoms with Gasteiger partial charge in [-0.1, -0.05) is 6.07 Å². The zero-order valence-corrected chi connectivity index (χ0v) is 13.0. The fraction of sp³-hybridized carbons (Fsp3) is 0.133. The van der Waals surface area contributed by atoms with Gasteiger partial charge in [-0.2, -0.15) is 0 Å². The molecule has 0 radical (unpaired) electrons. The molecule has 3 nitrogen and oxygen atoms in total. The van der Waals surface area contributed by atoms with Gasteiger partial charge >= 0.3 is 0 Å². The third kappa shape index (κ3) is 1.73. The van der Waals surface area contributed by atoms with Crippen LogP contribution in [0.5, 0.6) is 11.5 Å². The van der Waals surface area contributed by atoms with Crippen molar-refractivity contribution in [1.29, 1.82) is 0 Å². The number of fused-ring (bicyclic) bond motifs is 2. The minimum atomic E-state index is 0.281. The molecule has 0 bridgehead atoms. The molecule has 1 aliphatic rings. The Morgan fingerprint density at radius 1 is 1.25 bits per heavy atom. The van der Waals surface area contributed by atoms with Gasteiger partial charge in [-0.15, -0.1) is 11.3 Å². The average molecular weight is 348 g/mol. The number of aromatic nitrogens is 1. The van der Waals surface area contributed by atoms with Crippen LogP contribution in [-0.2, 0) is 0 Å². The van der Waals surface area contributed by atoms with Crippen LogP contribution in [0.2, 0.25) is 0 Å². The molecule has 0 saturated heterocycles. The van der Waals surface area contributed by atoms with Crippen LogP contribution in [-0.4, -0.2) is 11.8 Å². The second-order valence-corrected chi connectivity index (χ2v) is 6.34. The number of halogens is 1. The number of thiophene rings is 1. The molecule has 0 N–H and O–H groups in total. The van der Waals surface area contributed by atoms with Crippen LogP contribution in [0.25, 0.3) is 21.5 Å². The predicted molar refractivity (Wildman–Crippen MR) is 83.6 cm³/mol. The summed E-state index contributed by atoms with van der Waals surface area (Å²) in [5.74, 6) is 1.56. The van der Waals surface area contributed by atoms with Crippen molar-refractivity contribution in [2.75, 3.05) is 6.79 Å². The summed E-state index contributed by atoms with van der Waals surface area (Å²) < 4.78 is 11.9. The normalized spacial score (nSPS) is 13.1. The van der Waals surface area contributed by atoms with Gasteiger partial charge < -0.3 is 9.47 Å². The summed E-state index contributed by atoms with van der Waals surface area (Å²) in [7, 11) is 0. The molecule has 0 spiro atoms. The predicted octanol–water partition coefficient (Wildman–Crippen LogP) is 4.76. The first-order valence-corrected chi connectivity index (χ1v) is 7.84. The van der Waals surface area contributed by atoms with Gasteiger partial charge in [0, 0.05) is 15.9 Å². The Morgan fingerprint density at radius 3 is 2.80 bits per heavy atom. The van der Waals surface area contributed by atoms with Crippen molar-refractivity contribution in [1.82, 2.24) is 4.98 Å². The molecule has 100 valence electrons. The van der Waals surface area contributed by atoms with Crippen LogP contribution in [0.4, 0.5) is 0 Å². The maximum atomic E-state index is 5.44. The van der Waals surface area contributed by atoms with E-state index in [4.69, 9.17) is 14.5 Å². The van der Waals surface area contributed by atoms with Crippen LogP contribution in [0.3, 0.4) is 0 Å². The molecule has 3 aromatic rings. The van der Waals surface area contributed by atoms with Gasteiger partial charge in [0.15, 0.2) is 11.5 Å². The Hall–Kier alpha value is -1.59. The van der Waals surface area contributed by atoms with Crippen molar-refractivity contribution in [2.24, 2.45) is 0 Å². The Kier molecular flexibility index (Phi) is 2.72. The molecule has 5 heteroatoms. The smallest absolute Gasteiger partial charge is 0.231 e. The number of hydrogen-bond acceptors (Lipinski definition) is 4. The molecule has 1 aromatic carbocycles. The number of nitrogens with zero attached hydrogens (tertiary/aromatic N) is 1. The van der Waals surface area contributed by atoms with Crippen LogP contribution < -0.4 is 9.47 Å². The SMILES string of the molecule is Cc1c(Br)c(-c2cccs2)nc2cc3c(cc12)OCO3. The minimum Gasteiger partial charge on any atom is -0.454 e. The van der Waals surface area contributed by atoms with Gasteiger partial charge in [-0.25, -0.2) is 4.98 Å². The molecular formula is C15H10BrNO2S. The lowest BCUT2D eigenvalue weighted by molar-refractivity contribution is 0.174. The van der Waals surface area contributed by atoms with E-state index in [9.17, 15) is 0 Å². The second-order valence-electron chi connectivity index (χ2n) is 4.60. The van der Waals surface area contributed by atoms with Gasteiger partial charge in [-0.05, 0) is 45.9 Å². The fourth-order valence-corrected chi connectivity index (χ4v) is 3.73. The van der Waals surface area contributed by atoms with Gasteiger partial charge in [0.2, 0.25) is 6.79 Å². The number of benzene rings is 1. The molecule has 0 fully saturated rings. The van der Waals surface area contributed by atoms with Gasteiger partial charge in [0.05, 0.1) is 16.1 Å². The topological polar surface area (TPSA) is 31.4 Å². The lowest BCUT2D eigenvalue weighted by atomic mass is 10.1. The first kappa shape index (κ1) is 12.2. The van der Waals surface area contributed by atoms with E-state index < -0.39 is 0 Å². The molecule has 0 aliphatic carbocycles. The average Bonchev–Trinajstić information content (AvgIpc) is 3.11. The summed E-state index contributed by atoms with van der Waals surface area (Å²) in [5, 5.41) is 3.14. The molecular weight excluding hydrogens is 338 g/mol. The van der Waals surface area contributed by atoms with E-state index in [0.29, 0.717) is 0 Å². The molecule has 0 amide bonds. The summed E-state index contributed by atoms with van der Waals surface area (Å²) in [4.78, 5) is 5.94. The van der Waals surface area contributed by atoms with E-state index >= 15 is 0 Å². The Bertz CT molecular complexity index is 815. The number of pyridine rings is 1. The van der Waals surface area contributed by atoms with Gasteiger partial charge in [-0.3, -0.25) is 0 Å². The summed E-state index contributed by atoms with van der Waals surface area (Å²) in [6, 6.07) is 8.07. The van der Waals surface area contributed by atoms with Gasteiger partial charge in [0.1, 0.15) is 0 Å². The second kappa shape index (κ2) is 4.46. The highest BCUT2D eigenvalue weighted by atomic mass is 79.9. The van der Waals surface area contributed by atoms with Crippen LogP contribution in [0.15, 0.2) is 34.1 Å². The number of aryl methyl sites for hydroxylation is 1. The summed E-state index contributed by atoms with van der Waals surface area (Å²) >= 11 is 5.36. The maximum absolute atomic E-state index is 5.44. The minimum absolute atomic E-state index is 0.281. The van der Waals surface area contributed by atoms with E-state index in [0.717, 1.165) is 43.0 Å². The molecule has 0 saturated carbocycles. The van der Waals surface area contributed by atoms with E-state index in [1.807, 2.05) is 18.2 Å². The molecule has 20 heavy (non-hydrogen) atoms. The first-order chi connectivity index (χ1) is 9.74. The first-order valence-electron chi connectivity index (χ1n) is 6.17. The van der Waals surface area contributed by atoms with Crippen LogP contribution >= 0.6 is 27.3 Å². The van der Waals surface area contributed by atoms with Crippen molar-refractivity contribution < 1.29 is 9.47 Å². The number of hydrogen-bond donors (Lipinski definition) is 0. The summed E-state index contributed by atoms with van der Waals surface area (Å²) in [6.07, 6.45) is 0. The third-order valence-corrected chi connectivity index (χ3v) is 5.27. The lowest BCUT2D eigenvalue weighted by Gasteiger charge is -2.10. The van der Waals surface area contributed by atoms with Crippen molar-refractivity contribution in [2.45, 2.75) is 6.92 Å². The fourth-order valence-electron chi connectivity index (χ4n) is 2.37. The maximum Gasteiger partial charge on any atom is 0.231 e. The summed E-state index contributed by atoms with van der Waals surface area (Å²) in [6.45, 7) is 2.37. The van der Waals surface area contributed by atoms with Crippen molar-refractivity contribution in [3.8, 4) is 22.1 Å². The largest absolute Gasteiger partial charge is 0.454 e. The van der Waals surface area contributed by atoms with Crippen molar-refractivity contribution >= 4 is 38.2 Å². The van der Waals surface area contributed by atoms with Gasteiger partial charge in [0.25, 0.3) is 0 Å². The molecule has 2 aromatic heterocycles.